The fraction of sp³-hybridized carbons (Fsp3) is 0.0714. The SMILES string of the molecule is COc1cc(/C=C/c2cc(O)c(O)c(=O)o2)ccc1O. The second-order valence-electron chi connectivity index (χ2n) is 3.93. The molecule has 20 heavy (non-hydrogen) atoms. The predicted molar refractivity (Wildman–Crippen MR) is 71.9 cm³/mol. The molecule has 1 aromatic carbocycles. The van der Waals surface area contributed by atoms with E-state index in [9.17, 15) is 15.0 Å². The second kappa shape index (κ2) is 5.40. The lowest BCUT2D eigenvalue weighted by Crippen LogP contribution is -1.98. The highest BCUT2D eigenvalue weighted by Crippen LogP contribution is 2.27. The summed E-state index contributed by atoms with van der Waals surface area (Å²) in [5.74, 6) is -0.976. The van der Waals surface area contributed by atoms with Crippen LogP contribution in [0.1, 0.15) is 11.3 Å². The Kier molecular flexibility index (Phi) is 3.65. The summed E-state index contributed by atoms with van der Waals surface area (Å²) in [4.78, 5) is 11.2. The van der Waals surface area contributed by atoms with Gasteiger partial charge in [0.15, 0.2) is 17.2 Å². The minimum Gasteiger partial charge on any atom is -0.504 e. The van der Waals surface area contributed by atoms with Crippen LogP contribution < -0.4 is 10.4 Å². The standard InChI is InChI=1S/C14H12O6/c1-19-12-6-8(3-5-10(12)15)2-4-9-7-11(16)13(17)14(18)20-9/h2-7,15-17H,1H3/b4-2+. The van der Waals surface area contributed by atoms with Crippen molar-refractivity contribution >= 4 is 12.2 Å². The number of aromatic hydroxyl groups is 3. The molecule has 104 valence electrons. The van der Waals surface area contributed by atoms with Crippen LogP contribution in [0.4, 0.5) is 0 Å². The van der Waals surface area contributed by atoms with Crippen LogP contribution in [-0.2, 0) is 0 Å². The number of ether oxygens (including phenoxy) is 1. The van der Waals surface area contributed by atoms with Crippen molar-refractivity contribution < 1.29 is 24.5 Å². The number of hydrogen-bond donors (Lipinski definition) is 3. The van der Waals surface area contributed by atoms with Crippen molar-refractivity contribution in [2.45, 2.75) is 0 Å². The van der Waals surface area contributed by atoms with Gasteiger partial charge in [-0.3, -0.25) is 0 Å². The Morgan fingerprint density at radius 3 is 2.50 bits per heavy atom. The summed E-state index contributed by atoms with van der Waals surface area (Å²) >= 11 is 0. The van der Waals surface area contributed by atoms with Gasteiger partial charge in [-0.2, -0.15) is 0 Å². The van der Waals surface area contributed by atoms with E-state index in [0.29, 0.717) is 11.3 Å². The third-order valence-electron chi connectivity index (χ3n) is 2.57. The first-order valence-electron chi connectivity index (χ1n) is 5.62. The Morgan fingerprint density at radius 2 is 1.85 bits per heavy atom. The minimum atomic E-state index is -1.02. The highest BCUT2D eigenvalue weighted by molar-refractivity contribution is 5.69. The average molecular weight is 276 g/mol. The summed E-state index contributed by atoms with van der Waals surface area (Å²) in [7, 11) is 1.43. The molecule has 1 heterocycles. The smallest absolute Gasteiger partial charge is 0.382 e. The Hall–Kier alpha value is -2.89. The molecular formula is C14H12O6. The van der Waals surface area contributed by atoms with Gasteiger partial charge in [-0.25, -0.2) is 4.79 Å². The lowest BCUT2D eigenvalue weighted by atomic mass is 10.2. The van der Waals surface area contributed by atoms with Crippen LogP contribution >= 0.6 is 0 Å². The number of phenols is 1. The first kappa shape index (κ1) is 13.5. The summed E-state index contributed by atoms with van der Waals surface area (Å²) in [6.07, 6.45) is 3.03. The molecule has 0 aliphatic heterocycles. The van der Waals surface area contributed by atoms with Crippen molar-refractivity contribution in [2.75, 3.05) is 7.11 Å². The van der Waals surface area contributed by atoms with Crippen LogP contribution in [0.15, 0.2) is 33.5 Å². The Labute approximate surface area is 113 Å². The molecule has 0 radical (unpaired) electrons. The van der Waals surface area contributed by atoms with Crippen molar-refractivity contribution in [1.29, 1.82) is 0 Å². The van der Waals surface area contributed by atoms with E-state index < -0.39 is 17.1 Å². The summed E-state index contributed by atoms with van der Waals surface area (Å²) < 4.78 is 9.72. The molecule has 3 N–H and O–H groups in total. The first-order chi connectivity index (χ1) is 9.51. The van der Waals surface area contributed by atoms with E-state index in [1.165, 1.54) is 19.3 Å². The minimum absolute atomic E-state index is 0.0125. The van der Waals surface area contributed by atoms with Crippen molar-refractivity contribution in [3.05, 3.63) is 46.0 Å². The lowest BCUT2D eigenvalue weighted by molar-refractivity contribution is 0.362. The number of methoxy groups -OCH3 is 1. The third kappa shape index (κ3) is 2.74. The molecule has 0 saturated carbocycles. The van der Waals surface area contributed by atoms with Gasteiger partial charge in [-0.05, 0) is 23.8 Å². The maximum atomic E-state index is 11.2. The van der Waals surface area contributed by atoms with Gasteiger partial charge in [0, 0.05) is 6.07 Å². The number of rotatable bonds is 3. The Morgan fingerprint density at radius 1 is 1.10 bits per heavy atom. The van der Waals surface area contributed by atoms with Crippen molar-refractivity contribution in [1.82, 2.24) is 0 Å². The van der Waals surface area contributed by atoms with Gasteiger partial charge in [-0.1, -0.05) is 12.1 Å². The molecule has 0 aliphatic carbocycles. The predicted octanol–water partition coefficient (Wildman–Crippen LogP) is 1.94. The monoisotopic (exact) mass is 276 g/mol. The van der Waals surface area contributed by atoms with Crippen LogP contribution in [0.5, 0.6) is 23.0 Å². The zero-order valence-corrected chi connectivity index (χ0v) is 10.5. The summed E-state index contributed by atoms with van der Waals surface area (Å²) in [6.45, 7) is 0. The molecule has 0 amide bonds. The second-order valence-corrected chi connectivity index (χ2v) is 3.93. The van der Waals surface area contributed by atoms with Crippen molar-refractivity contribution in [2.24, 2.45) is 0 Å². The Balaban J connectivity index is 2.32. The van der Waals surface area contributed by atoms with Crippen LogP contribution in [0, 0.1) is 0 Å². The molecule has 2 rings (SSSR count). The van der Waals surface area contributed by atoms with E-state index >= 15 is 0 Å². The van der Waals surface area contributed by atoms with Crippen molar-refractivity contribution in [3.63, 3.8) is 0 Å². The van der Waals surface area contributed by atoms with E-state index in [1.807, 2.05) is 0 Å². The molecule has 0 spiro atoms. The van der Waals surface area contributed by atoms with Gasteiger partial charge in [0.05, 0.1) is 7.11 Å². The molecule has 0 bridgehead atoms. The van der Waals surface area contributed by atoms with E-state index in [0.717, 1.165) is 6.07 Å². The maximum Gasteiger partial charge on any atom is 0.382 e. The summed E-state index contributed by atoms with van der Waals surface area (Å²) in [5, 5.41) is 27.8. The molecule has 0 aliphatic rings. The zero-order valence-electron chi connectivity index (χ0n) is 10.5. The van der Waals surface area contributed by atoms with Gasteiger partial charge in [0.25, 0.3) is 0 Å². The summed E-state index contributed by atoms with van der Waals surface area (Å²) in [5.41, 5.74) is -0.331. The van der Waals surface area contributed by atoms with E-state index in [4.69, 9.17) is 14.3 Å². The van der Waals surface area contributed by atoms with Gasteiger partial charge in [0.1, 0.15) is 5.76 Å². The van der Waals surface area contributed by atoms with Crippen molar-refractivity contribution in [3.8, 4) is 23.0 Å². The molecule has 2 aromatic rings. The maximum absolute atomic E-state index is 11.2. The topological polar surface area (TPSA) is 100 Å². The molecule has 6 heteroatoms. The van der Waals surface area contributed by atoms with Crippen LogP contribution in [0.25, 0.3) is 12.2 Å². The lowest BCUT2D eigenvalue weighted by Gasteiger charge is -2.03. The number of phenolic OH excluding ortho intramolecular Hbond substituents is 1. The normalized spacial score (nSPS) is 10.8. The Bertz CT molecular complexity index is 714. The molecule has 0 saturated heterocycles. The van der Waals surface area contributed by atoms with Gasteiger partial charge < -0.3 is 24.5 Å². The average Bonchev–Trinajstić information content (AvgIpc) is 2.43. The fourth-order valence-corrected chi connectivity index (χ4v) is 1.55. The molecule has 0 atom stereocenters. The molecule has 0 fully saturated rings. The van der Waals surface area contributed by atoms with Gasteiger partial charge >= 0.3 is 5.63 Å². The van der Waals surface area contributed by atoms with Gasteiger partial charge in [-0.15, -0.1) is 0 Å². The van der Waals surface area contributed by atoms with Gasteiger partial charge in [0.2, 0.25) is 5.75 Å². The number of hydrogen-bond acceptors (Lipinski definition) is 6. The quantitative estimate of drug-likeness (QED) is 0.792. The molecule has 6 nitrogen and oxygen atoms in total. The number of benzene rings is 1. The summed E-state index contributed by atoms with van der Waals surface area (Å²) in [6, 6.07) is 5.80. The first-order valence-corrected chi connectivity index (χ1v) is 5.62. The van der Waals surface area contributed by atoms with E-state index in [-0.39, 0.29) is 11.5 Å². The zero-order chi connectivity index (χ0) is 14.7. The van der Waals surface area contributed by atoms with E-state index in [1.54, 1.807) is 18.2 Å². The highest BCUT2D eigenvalue weighted by Gasteiger charge is 2.07. The van der Waals surface area contributed by atoms with Crippen LogP contribution in [-0.4, -0.2) is 22.4 Å². The molecule has 1 aromatic heterocycles. The van der Waals surface area contributed by atoms with E-state index in [2.05, 4.69) is 0 Å². The largest absolute Gasteiger partial charge is 0.504 e. The highest BCUT2D eigenvalue weighted by atomic mass is 16.5. The van der Waals surface area contributed by atoms with Crippen LogP contribution in [0.2, 0.25) is 0 Å². The third-order valence-corrected chi connectivity index (χ3v) is 2.57. The molecule has 0 unspecified atom stereocenters. The fourth-order valence-electron chi connectivity index (χ4n) is 1.55. The van der Waals surface area contributed by atoms with Crippen LogP contribution in [0.3, 0.4) is 0 Å². The molecular weight excluding hydrogens is 264 g/mol.